The van der Waals surface area contributed by atoms with Crippen LogP contribution in [0.15, 0.2) is 0 Å². The van der Waals surface area contributed by atoms with Gasteiger partial charge in [0.25, 0.3) is 0 Å². The van der Waals surface area contributed by atoms with Gasteiger partial charge in [0.15, 0.2) is 12.6 Å². The zero-order chi connectivity index (χ0) is 41.8. The molecule has 0 radical (unpaired) electrons. The summed E-state index contributed by atoms with van der Waals surface area (Å²) in [6, 6.07) is -0.818. The molecule has 2 fully saturated rings. The minimum absolute atomic E-state index is 0.212. The molecule has 0 aromatic carbocycles. The summed E-state index contributed by atoms with van der Waals surface area (Å²) in [5.41, 5.74) is 0. The molecule has 14 heteroatoms. The maximum atomic E-state index is 13.0. The van der Waals surface area contributed by atoms with Gasteiger partial charge in [-0.25, -0.2) is 0 Å². The van der Waals surface area contributed by atoms with E-state index in [9.17, 15) is 45.6 Å². The van der Waals surface area contributed by atoms with Crippen LogP contribution in [-0.2, 0) is 23.7 Å². The zero-order valence-electron chi connectivity index (χ0n) is 35.3. The molecule has 1 amide bonds. The van der Waals surface area contributed by atoms with Crippen LogP contribution in [0.2, 0.25) is 0 Å². The number of hydrogen-bond acceptors (Lipinski definition) is 13. The molecule has 2 heterocycles. The summed E-state index contributed by atoms with van der Waals surface area (Å²) in [6.07, 6.45) is 11.3. The number of amides is 1. The van der Waals surface area contributed by atoms with Crippen molar-refractivity contribution in [1.29, 1.82) is 0 Å². The van der Waals surface area contributed by atoms with Crippen molar-refractivity contribution in [3.05, 3.63) is 0 Å². The monoisotopic (exact) mass is 822 g/mol. The van der Waals surface area contributed by atoms with Crippen LogP contribution in [0, 0.1) is 0 Å². The first kappa shape index (κ1) is 52.1. The average Bonchev–Trinajstić information content (AvgIpc) is 3.21. The lowest BCUT2D eigenvalue weighted by molar-refractivity contribution is -0.359. The van der Waals surface area contributed by atoms with Crippen molar-refractivity contribution in [1.82, 2.24) is 5.32 Å². The van der Waals surface area contributed by atoms with Crippen LogP contribution in [0.4, 0.5) is 0 Å². The molecule has 2 aliphatic heterocycles. The Morgan fingerprint density at radius 1 is 0.561 bits per heavy atom. The van der Waals surface area contributed by atoms with Crippen LogP contribution in [0.3, 0.4) is 0 Å². The number of nitrogens with one attached hydrogen (secondary N) is 1. The molecule has 338 valence electrons. The van der Waals surface area contributed by atoms with Gasteiger partial charge in [-0.2, -0.15) is 0 Å². The summed E-state index contributed by atoms with van der Waals surface area (Å²) in [5.74, 6) is -0.212. The van der Waals surface area contributed by atoms with Gasteiger partial charge in [0, 0.05) is 6.42 Å². The number of rotatable bonds is 34. The van der Waals surface area contributed by atoms with Gasteiger partial charge < -0.3 is 65.1 Å². The van der Waals surface area contributed by atoms with Crippen molar-refractivity contribution in [3.8, 4) is 0 Å². The molecule has 2 aliphatic rings. The van der Waals surface area contributed by atoms with Crippen LogP contribution in [-0.4, -0.2) is 140 Å². The van der Waals surface area contributed by atoms with Crippen molar-refractivity contribution in [2.45, 2.75) is 248 Å². The van der Waals surface area contributed by atoms with Crippen LogP contribution >= 0.6 is 0 Å². The lowest BCUT2D eigenvalue weighted by atomic mass is 9.97. The molecule has 0 spiro atoms. The largest absolute Gasteiger partial charge is 0.394 e. The van der Waals surface area contributed by atoms with E-state index in [2.05, 4.69) is 19.2 Å². The summed E-state index contributed by atoms with van der Waals surface area (Å²) in [5, 5.41) is 86.5. The highest BCUT2D eigenvalue weighted by Crippen LogP contribution is 2.30. The summed E-state index contributed by atoms with van der Waals surface area (Å²) in [4.78, 5) is 13.0. The fourth-order valence-electron chi connectivity index (χ4n) is 7.76. The molecule has 2 rings (SSSR count). The van der Waals surface area contributed by atoms with Crippen LogP contribution in [0.25, 0.3) is 0 Å². The van der Waals surface area contributed by atoms with Crippen molar-refractivity contribution in [2.75, 3.05) is 19.8 Å². The van der Waals surface area contributed by atoms with Gasteiger partial charge in [-0.1, -0.05) is 155 Å². The first-order chi connectivity index (χ1) is 27.6. The maximum Gasteiger partial charge on any atom is 0.220 e. The number of ether oxygens (including phenoxy) is 4. The fourth-order valence-corrected chi connectivity index (χ4v) is 7.76. The molecule has 0 saturated carbocycles. The number of carbonyl (C=O) groups is 1. The Bertz CT molecular complexity index is 977. The van der Waals surface area contributed by atoms with Crippen molar-refractivity contribution >= 4 is 5.91 Å². The molecular weight excluding hydrogens is 738 g/mol. The van der Waals surface area contributed by atoms with Crippen LogP contribution < -0.4 is 5.32 Å². The highest BCUT2D eigenvalue weighted by molar-refractivity contribution is 5.76. The third kappa shape index (κ3) is 20.4. The third-order valence-electron chi connectivity index (χ3n) is 11.6. The maximum absolute atomic E-state index is 13.0. The summed E-state index contributed by atoms with van der Waals surface area (Å²) < 4.78 is 22.6. The molecule has 0 aromatic heterocycles. The summed E-state index contributed by atoms with van der Waals surface area (Å²) >= 11 is 0. The topological polar surface area (TPSA) is 228 Å². The van der Waals surface area contributed by atoms with E-state index in [1.165, 1.54) is 96.3 Å². The lowest BCUT2D eigenvalue weighted by Gasteiger charge is -2.46. The second-order valence-corrected chi connectivity index (χ2v) is 16.5. The van der Waals surface area contributed by atoms with Crippen molar-refractivity contribution in [2.24, 2.45) is 0 Å². The standard InChI is InChI=1S/C43H83NO13/c1-3-5-7-9-11-13-14-15-16-17-18-19-20-22-24-26-32(47)31(44-35(48)27-25-23-21-12-10-8-6-4-2)30-54-42-40(53)38(51)41(34(29-46)56-42)57-43-39(52)37(50)36(49)33(28-45)55-43/h31-34,36-43,45-47,49-53H,3-30H2,1-2H3,(H,44,48)/t31-,32+,33+,34+,36-,37?,38?,39?,40?,41+,42+,43-/m0/s1. The Kier molecular flexibility index (Phi) is 29.1. The highest BCUT2D eigenvalue weighted by Gasteiger charge is 2.51. The van der Waals surface area contributed by atoms with Gasteiger partial charge in [0.05, 0.1) is 32.0 Å². The van der Waals surface area contributed by atoms with E-state index in [1.807, 2.05) is 0 Å². The molecule has 0 aromatic rings. The van der Waals surface area contributed by atoms with E-state index in [1.54, 1.807) is 0 Å². The quantitative estimate of drug-likeness (QED) is 0.0414. The van der Waals surface area contributed by atoms with Crippen molar-refractivity contribution < 1.29 is 64.6 Å². The highest BCUT2D eigenvalue weighted by atomic mass is 16.7. The van der Waals surface area contributed by atoms with E-state index < -0.39 is 86.8 Å². The van der Waals surface area contributed by atoms with E-state index in [4.69, 9.17) is 18.9 Å². The van der Waals surface area contributed by atoms with Crippen LogP contribution in [0.5, 0.6) is 0 Å². The lowest BCUT2D eigenvalue weighted by Crippen LogP contribution is -2.65. The Balaban J connectivity index is 1.86. The smallest absolute Gasteiger partial charge is 0.220 e. The second-order valence-electron chi connectivity index (χ2n) is 16.5. The molecule has 9 N–H and O–H groups in total. The molecule has 57 heavy (non-hydrogen) atoms. The summed E-state index contributed by atoms with van der Waals surface area (Å²) in [6.45, 7) is 2.80. The van der Waals surface area contributed by atoms with E-state index >= 15 is 0 Å². The third-order valence-corrected chi connectivity index (χ3v) is 11.6. The van der Waals surface area contributed by atoms with Crippen LogP contribution in [0.1, 0.15) is 174 Å². The van der Waals surface area contributed by atoms with Gasteiger partial charge in [-0.15, -0.1) is 0 Å². The average molecular weight is 822 g/mol. The number of unbranched alkanes of at least 4 members (excludes halogenated alkanes) is 21. The van der Waals surface area contributed by atoms with E-state index in [-0.39, 0.29) is 12.5 Å². The molecule has 4 unspecified atom stereocenters. The Morgan fingerprint density at radius 3 is 1.49 bits per heavy atom. The number of aliphatic hydroxyl groups excluding tert-OH is 8. The molecular formula is C43H83NO13. The summed E-state index contributed by atoms with van der Waals surface area (Å²) in [7, 11) is 0. The van der Waals surface area contributed by atoms with Gasteiger partial charge in [-0.05, 0) is 12.8 Å². The Hall–Kier alpha value is -1.01. The normalized spacial score (nSPS) is 29.0. The van der Waals surface area contributed by atoms with Gasteiger partial charge in [0.2, 0.25) is 5.91 Å². The molecule has 2 saturated heterocycles. The molecule has 0 aliphatic carbocycles. The minimum Gasteiger partial charge on any atom is -0.394 e. The SMILES string of the molecule is CCCCCCCCCCCCCCCCC[C@@H](O)[C@H](CO[C@@H]1O[C@H](CO)[C@@H](O[C@@H]2O[C@H](CO)[C@H](O)C(O)C2O)C(O)C1O)NC(=O)CCCCCCCCCC. The fraction of sp³-hybridized carbons (Fsp3) is 0.977. The predicted octanol–water partition coefficient (Wildman–Crippen LogP) is 4.27. The number of carbonyl (C=O) groups excluding carboxylic acids is 1. The number of aliphatic hydroxyl groups is 8. The Labute approximate surface area is 343 Å². The van der Waals surface area contributed by atoms with Gasteiger partial charge in [-0.3, -0.25) is 4.79 Å². The first-order valence-electron chi connectivity index (χ1n) is 22.8. The van der Waals surface area contributed by atoms with E-state index in [0.717, 1.165) is 51.4 Å². The Morgan fingerprint density at radius 2 is 1.00 bits per heavy atom. The molecule has 0 bridgehead atoms. The van der Waals surface area contributed by atoms with E-state index in [0.29, 0.717) is 12.8 Å². The van der Waals surface area contributed by atoms with Gasteiger partial charge in [0.1, 0.15) is 48.8 Å². The minimum atomic E-state index is -1.78. The zero-order valence-corrected chi connectivity index (χ0v) is 35.3. The van der Waals surface area contributed by atoms with Crippen molar-refractivity contribution in [3.63, 3.8) is 0 Å². The van der Waals surface area contributed by atoms with Gasteiger partial charge >= 0.3 is 0 Å². The molecule has 14 nitrogen and oxygen atoms in total. The molecule has 12 atom stereocenters. The first-order valence-corrected chi connectivity index (χ1v) is 22.8. The second kappa shape index (κ2) is 31.8. The predicted molar refractivity (Wildman–Crippen MR) is 217 cm³/mol. The number of hydrogen-bond donors (Lipinski definition) is 9.